The minimum atomic E-state index is -2.35. The van der Waals surface area contributed by atoms with Crippen molar-refractivity contribution in [2.24, 2.45) is 0 Å². The van der Waals surface area contributed by atoms with Crippen molar-refractivity contribution in [3.05, 3.63) is 0 Å². The zero-order valence-electron chi connectivity index (χ0n) is 15.3. The first-order chi connectivity index (χ1) is 11.1. The zero-order valence-corrected chi connectivity index (χ0v) is 17.8. The molecule has 0 aliphatic carbocycles. The Hall–Kier alpha value is 0.760. The molecule has 9 heteroatoms. The molecule has 0 N–H and O–H groups in total. The van der Waals surface area contributed by atoms with Crippen molar-refractivity contribution in [2.45, 2.75) is 71.4 Å². The average Bonchev–Trinajstić information content (AvgIpc) is 2.96. The first-order valence-corrected chi connectivity index (χ1v) is 12.5. The molecule has 2 fully saturated rings. The monoisotopic (exact) mass is 400 g/mol. The molecule has 0 aromatic heterocycles. The number of hydrogen-bond donors (Lipinski definition) is 0. The van der Waals surface area contributed by atoms with Crippen LogP contribution in [-0.4, -0.2) is 55.5 Å². The Bertz CT molecular complexity index is 463. The molecular weight excluding hydrogens is 371 g/mol. The highest BCUT2D eigenvalue weighted by molar-refractivity contribution is 8.67. The molecule has 0 radical (unpaired) electrons. The summed E-state index contributed by atoms with van der Waals surface area (Å²) in [6.45, 7) is 13.0. The van der Waals surface area contributed by atoms with Gasteiger partial charge in [-0.1, -0.05) is 11.4 Å². The average molecular weight is 400 g/mol. The van der Waals surface area contributed by atoms with Crippen LogP contribution in [0.25, 0.3) is 0 Å². The Morgan fingerprint density at radius 2 is 1.67 bits per heavy atom. The van der Waals surface area contributed by atoms with Gasteiger partial charge in [-0.15, -0.1) is 0 Å². The van der Waals surface area contributed by atoms with Crippen molar-refractivity contribution < 1.29 is 28.0 Å². The molecule has 6 nitrogen and oxygen atoms in total. The van der Waals surface area contributed by atoms with E-state index >= 15 is 0 Å². The van der Waals surface area contributed by atoms with Crippen LogP contribution in [0.1, 0.15) is 41.5 Å². The molecule has 0 aromatic carbocycles. The lowest BCUT2D eigenvalue weighted by atomic mass is 10.1. The predicted molar refractivity (Wildman–Crippen MR) is 98.7 cm³/mol. The lowest BCUT2D eigenvalue weighted by Gasteiger charge is -2.25. The summed E-state index contributed by atoms with van der Waals surface area (Å²) < 4.78 is 35.2. The van der Waals surface area contributed by atoms with Crippen molar-refractivity contribution in [3.63, 3.8) is 0 Å². The number of ether oxygens (including phenoxy) is 4. The fourth-order valence-corrected chi connectivity index (χ4v) is 7.47. The van der Waals surface area contributed by atoms with Crippen LogP contribution < -0.4 is 0 Å². The van der Waals surface area contributed by atoms with Crippen molar-refractivity contribution >= 4 is 28.9 Å². The van der Waals surface area contributed by atoms with E-state index in [0.29, 0.717) is 25.6 Å². The second kappa shape index (κ2) is 8.19. The van der Waals surface area contributed by atoms with E-state index in [1.807, 2.05) is 41.5 Å². The first kappa shape index (κ1) is 21.1. The van der Waals surface area contributed by atoms with Crippen molar-refractivity contribution in [2.75, 3.05) is 25.6 Å². The molecule has 24 heavy (non-hydrogen) atoms. The number of hydrogen-bond acceptors (Lipinski definition) is 8. The van der Waals surface area contributed by atoms with E-state index in [1.54, 1.807) is 0 Å². The topological polar surface area (TPSA) is 55.4 Å². The summed E-state index contributed by atoms with van der Waals surface area (Å²) in [6.07, 6.45) is -0.527. The Morgan fingerprint density at radius 3 is 2.17 bits per heavy atom. The molecule has 3 atom stereocenters. The van der Waals surface area contributed by atoms with Gasteiger partial charge < -0.3 is 28.0 Å². The molecule has 2 aliphatic heterocycles. The van der Waals surface area contributed by atoms with Gasteiger partial charge in [-0.25, -0.2) is 0 Å². The minimum absolute atomic E-state index is 0.157. The Balaban J connectivity index is 2.02. The zero-order chi connectivity index (χ0) is 18.0. The van der Waals surface area contributed by atoms with E-state index < -0.39 is 17.3 Å². The first-order valence-electron chi connectivity index (χ1n) is 8.31. The number of rotatable bonds is 8. The molecule has 142 valence electrons. The van der Waals surface area contributed by atoms with Gasteiger partial charge >= 0.3 is 0 Å². The van der Waals surface area contributed by atoms with E-state index in [4.69, 9.17) is 39.8 Å². The van der Waals surface area contributed by atoms with Gasteiger partial charge in [0.25, 0.3) is 0 Å². The highest BCUT2D eigenvalue weighted by Gasteiger charge is 2.50. The largest absolute Gasteiger partial charge is 0.348 e. The standard InChI is InChI=1S/C15H29O6PS2/c1-7-17-22(23,18-8-2)24-10-12-13(21-15(5,6)20-12)11-9-16-14(3,4)19-11/h11-13H,7-10H2,1-6H3/t11-,12+,13+/m1/s1. The summed E-state index contributed by atoms with van der Waals surface area (Å²) >= 11 is 7.09. The third-order valence-corrected chi connectivity index (χ3v) is 9.14. The summed E-state index contributed by atoms with van der Waals surface area (Å²) in [4.78, 5) is 0. The smallest absolute Gasteiger partial charge is 0.247 e. The summed E-state index contributed by atoms with van der Waals surface area (Å²) in [5, 5.41) is 0. The summed E-state index contributed by atoms with van der Waals surface area (Å²) in [7, 11) is 0. The van der Waals surface area contributed by atoms with Gasteiger partial charge in [0.05, 0.1) is 25.9 Å². The maximum Gasteiger partial charge on any atom is 0.247 e. The molecule has 2 rings (SSSR count). The normalized spacial score (nSPS) is 32.3. The van der Waals surface area contributed by atoms with E-state index in [1.165, 1.54) is 11.4 Å². The quantitative estimate of drug-likeness (QED) is 0.572. The lowest BCUT2D eigenvalue weighted by Crippen LogP contribution is -2.39. The van der Waals surface area contributed by atoms with Crippen LogP contribution in [0.4, 0.5) is 0 Å². The predicted octanol–water partition coefficient (Wildman–Crippen LogP) is 3.69. The summed E-state index contributed by atoms with van der Waals surface area (Å²) in [5.74, 6) is -0.624. The summed E-state index contributed by atoms with van der Waals surface area (Å²) in [6, 6.07) is 0. The third-order valence-electron chi connectivity index (χ3n) is 3.59. The third kappa shape index (κ3) is 5.63. The SMILES string of the molecule is CCOP(=S)(OCC)SC[C@@H]1OC(C)(C)O[C@H]1[C@H]1COC(C)(C)O1. The lowest BCUT2D eigenvalue weighted by molar-refractivity contribution is -0.174. The maximum absolute atomic E-state index is 6.08. The van der Waals surface area contributed by atoms with E-state index in [0.717, 1.165) is 0 Å². The van der Waals surface area contributed by atoms with Gasteiger partial charge in [0.1, 0.15) is 12.2 Å². The van der Waals surface area contributed by atoms with Crippen molar-refractivity contribution in [1.82, 2.24) is 0 Å². The molecule has 0 spiro atoms. The van der Waals surface area contributed by atoms with Gasteiger partial charge in [0.2, 0.25) is 5.69 Å². The highest BCUT2D eigenvalue weighted by Crippen LogP contribution is 2.61. The highest BCUT2D eigenvalue weighted by atomic mass is 32.9. The molecule has 0 aromatic rings. The van der Waals surface area contributed by atoms with Crippen molar-refractivity contribution in [1.29, 1.82) is 0 Å². The van der Waals surface area contributed by atoms with Gasteiger partial charge in [-0.2, -0.15) is 0 Å². The molecule has 0 bridgehead atoms. The van der Waals surface area contributed by atoms with E-state index in [-0.39, 0.29) is 18.3 Å². The maximum atomic E-state index is 6.08. The second-order valence-electron chi connectivity index (χ2n) is 6.58. The van der Waals surface area contributed by atoms with Crippen LogP contribution in [-0.2, 0) is 39.8 Å². The Morgan fingerprint density at radius 1 is 1.04 bits per heavy atom. The van der Waals surface area contributed by atoms with Gasteiger partial charge in [-0.3, -0.25) is 0 Å². The van der Waals surface area contributed by atoms with Crippen LogP contribution in [0.5, 0.6) is 0 Å². The molecule has 2 saturated heterocycles. The van der Waals surface area contributed by atoms with Gasteiger partial charge in [-0.05, 0) is 53.3 Å². The minimum Gasteiger partial charge on any atom is -0.348 e. The molecular formula is C15H29O6PS2. The van der Waals surface area contributed by atoms with Gasteiger partial charge in [0.15, 0.2) is 11.6 Å². The van der Waals surface area contributed by atoms with Crippen LogP contribution in [0.3, 0.4) is 0 Å². The van der Waals surface area contributed by atoms with Crippen LogP contribution in [0.15, 0.2) is 0 Å². The van der Waals surface area contributed by atoms with E-state index in [9.17, 15) is 0 Å². The fraction of sp³-hybridized carbons (Fsp3) is 1.00. The van der Waals surface area contributed by atoms with Crippen LogP contribution >= 0.6 is 17.1 Å². The Labute approximate surface area is 154 Å². The van der Waals surface area contributed by atoms with Crippen molar-refractivity contribution in [3.8, 4) is 0 Å². The van der Waals surface area contributed by atoms with Gasteiger partial charge in [0, 0.05) is 5.75 Å². The summed E-state index contributed by atoms with van der Waals surface area (Å²) in [5.41, 5.74) is -2.35. The molecule has 2 aliphatic rings. The van der Waals surface area contributed by atoms with Crippen LogP contribution in [0, 0.1) is 0 Å². The van der Waals surface area contributed by atoms with Crippen LogP contribution in [0.2, 0.25) is 0 Å². The molecule has 2 heterocycles. The second-order valence-corrected chi connectivity index (χ2v) is 12.9. The molecule has 0 saturated carbocycles. The van der Waals surface area contributed by atoms with E-state index in [2.05, 4.69) is 0 Å². The fourth-order valence-electron chi connectivity index (χ4n) is 2.78. The molecule has 0 unspecified atom stereocenters. The Kier molecular flexibility index (Phi) is 7.19. The molecule has 0 amide bonds.